The minimum absolute atomic E-state index is 0.00158. The maximum absolute atomic E-state index is 12.0. The van der Waals surface area contributed by atoms with Gasteiger partial charge in [-0.05, 0) is 18.3 Å². The van der Waals surface area contributed by atoms with Crippen molar-refractivity contribution in [3.8, 4) is 0 Å². The molecule has 0 aromatic carbocycles. The van der Waals surface area contributed by atoms with Crippen LogP contribution in [0.4, 0.5) is 0 Å². The molecule has 0 aromatic heterocycles. The molecule has 0 spiro atoms. The maximum atomic E-state index is 12.0. The molecule has 2 aliphatic carbocycles. The monoisotopic (exact) mass is 225 g/mol. The second kappa shape index (κ2) is 3.90. The molecule has 16 heavy (non-hydrogen) atoms. The summed E-state index contributed by atoms with van der Waals surface area (Å²) in [5.41, 5.74) is 0. The molecule has 1 saturated carbocycles. The molecule has 2 aliphatic rings. The zero-order valence-electron chi connectivity index (χ0n) is 9.29. The molecule has 2 bridgehead atoms. The van der Waals surface area contributed by atoms with Gasteiger partial charge in [-0.15, -0.1) is 0 Å². The van der Waals surface area contributed by atoms with Crippen LogP contribution in [0.25, 0.3) is 0 Å². The van der Waals surface area contributed by atoms with Crippen LogP contribution in [0.3, 0.4) is 0 Å². The van der Waals surface area contributed by atoms with E-state index >= 15 is 0 Å². The molecule has 2 rings (SSSR count). The number of hydrogen-bond acceptors (Lipinski definition) is 3. The Labute approximate surface area is 93.6 Å². The first-order chi connectivity index (χ1) is 7.56. The number of hydrogen-bond donors (Lipinski definition) is 1. The second-order valence-corrected chi connectivity index (χ2v) is 4.36. The molecule has 5 heteroatoms. The van der Waals surface area contributed by atoms with E-state index in [-0.39, 0.29) is 17.7 Å². The molecule has 0 aliphatic heterocycles. The molecule has 1 N–H and O–H groups in total. The minimum atomic E-state index is -0.889. The van der Waals surface area contributed by atoms with E-state index in [9.17, 15) is 9.59 Å². The van der Waals surface area contributed by atoms with Crippen molar-refractivity contribution in [1.82, 2.24) is 5.06 Å². The van der Waals surface area contributed by atoms with E-state index in [1.165, 1.54) is 14.2 Å². The molecule has 1 fully saturated rings. The first-order valence-corrected chi connectivity index (χ1v) is 5.29. The van der Waals surface area contributed by atoms with Gasteiger partial charge in [-0.25, -0.2) is 5.06 Å². The molecule has 0 heterocycles. The van der Waals surface area contributed by atoms with Crippen LogP contribution in [0, 0.1) is 23.7 Å². The summed E-state index contributed by atoms with van der Waals surface area (Å²) in [7, 11) is 2.91. The van der Waals surface area contributed by atoms with Crippen molar-refractivity contribution in [2.75, 3.05) is 14.2 Å². The van der Waals surface area contributed by atoms with Crippen LogP contribution in [-0.4, -0.2) is 36.2 Å². The van der Waals surface area contributed by atoms with Crippen molar-refractivity contribution < 1.29 is 19.5 Å². The van der Waals surface area contributed by atoms with E-state index in [4.69, 9.17) is 9.94 Å². The molecular formula is C11H15NO4. The molecule has 1 amide bonds. The van der Waals surface area contributed by atoms with Gasteiger partial charge in [-0.2, -0.15) is 0 Å². The van der Waals surface area contributed by atoms with Crippen LogP contribution < -0.4 is 0 Å². The fourth-order valence-corrected chi connectivity index (χ4v) is 2.80. The Bertz CT molecular complexity index is 352. The van der Waals surface area contributed by atoms with Crippen molar-refractivity contribution in [3.05, 3.63) is 12.2 Å². The average molecular weight is 225 g/mol. The number of amides is 1. The third-order valence-electron chi connectivity index (χ3n) is 3.61. The standard InChI is InChI=1S/C11H15NO4/c1-12(16-2)10(13)8-6-3-4-7(5-6)9(8)11(14)15/h3-4,6-9H,5H2,1-2H3,(H,14,15)/t6?,7?,8-,9+/m0/s1. The molecular weight excluding hydrogens is 210 g/mol. The normalized spacial score (nSPS) is 35.4. The molecule has 88 valence electrons. The highest BCUT2D eigenvalue weighted by atomic mass is 16.7. The van der Waals surface area contributed by atoms with E-state index in [1.54, 1.807) is 0 Å². The van der Waals surface area contributed by atoms with Crippen LogP contribution in [0.5, 0.6) is 0 Å². The molecule has 4 atom stereocenters. The summed E-state index contributed by atoms with van der Waals surface area (Å²) in [6.07, 6.45) is 4.64. The molecule has 5 nitrogen and oxygen atoms in total. The van der Waals surface area contributed by atoms with E-state index in [0.29, 0.717) is 0 Å². The van der Waals surface area contributed by atoms with E-state index in [0.717, 1.165) is 11.5 Å². The Morgan fingerprint density at radius 2 is 1.88 bits per heavy atom. The summed E-state index contributed by atoms with van der Waals surface area (Å²) in [5, 5.41) is 10.3. The van der Waals surface area contributed by atoms with Gasteiger partial charge in [-0.3, -0.25) is 14.4 Å². The van der Waals surface area contributed by atoms with Crippen molar-refractivity contribution >= 4 is 11.9 Å². The lowest BCUT2D eigenvalue weighted by molar-refractivity contribution is -0.178. The number of carbonyl (C=O) groups excluding carboxylic acids is 1. The summed E-state index contributed by atoms with van der Waals surface area (Å²) >= 11 is 0. The largest absolute Gasteiger partial charge is 0.481 e. The third kappa shape index (κ3) is 1.51. The lowest BCUT2D eigenvalue weighted by Crippen LogP contribution is -2.40. The van der Waals surface area contributed by atoms with Gasteiger partial charge in [-0.1, -0.05) is 12.2 Å². The Morgan fingerprint density at radius 3 is 2.38 bits per heavy atom. The number of hydroxylamine groups is 2. The number of nitrogens with zero attached hydrogens (tertiary/aromatic N) is 1. The fourth-order valence-electron chi connectivity index (χ4n) is 2.80. The van der Waals surface area contributed by atoms with Crippen LogP contribution in [0.15, 0.2) is 12.2 Å². The fraction of sp³-hybridized carbons (Fsp3) is 0.636. The number of aliphatic carboxylic acids is 1. The number of rotatable bonds is 3. The average Bonchev–Trinajstić information content (AvgIpc) is 2.85. The highest BCUT2D eigenvalue weighted by molar-refractivity contribution is 5.86. The number of fused-ring (bicyclic) bond motifs is 2. The highest BCUT2D eigenvalue weighted by Crippen LogP contribution is 2.48. The first-order valence-electron chi connectivity index (χ1n) is 5.29. The van der Waals surface area contributed by atoms with Gasteiger partial charge in [0.1, 0.15) is 0 Å². The number of allylic oxidation sites excluding steroid dienone is 2. The van der Waals surface area contributed by atoms with Crippen molar-refractivity contribution in [2.24, 2.45) is 23.7 Å². The Morgan fingerprint density at radius 1 is 1.31 bits per heavy atom. The van der Waals surface area contributed by atoms with Crippen molar-refractivity contribution in [1.29, 1.82) is 0 Å². The lowest BCUT2D eigenvalue weighted by atomic mass is 9.82. The molecule has 0 radical (unpaired) electrons. The summed E-state index contributed by atoms with van der Waals surface area (Å²) in [5.74, 6) is -2.15. The van der Waals surface area contributed by atoms with Gasteiger partial charge in [0.05, 0.1) is 18.9 Å². The predicted octanol–water partition coefficient (Wildman–Crippen LogP) is 0.529. The molecule has 0 aromatic rings. The van der Waals surface area contributed by atoms with Crippen LogP contribution >= 0.6 is 0 Å². The van der Waals surface area contributed by atoms with Crippen LogP contribution in [0.2, 0.25) is 0 Å². The predicted molar refractivity (Wildman–Crippen MR) is 55.1 cm³/mol. The van der Waals surface area contributed by atoms with Crippen LogP contribution in [-0.2, 0) is 14.4 Å². The SMILES string of the molecule is CON(C)C(=O)[C@H]1C2C=CC(C2)[C@H]1C(=O)O. The van der Waals surface area contributed by atoms with Gasteiger partial charge in [0.2, 0.25) is 5.91 Å². The quantitative estimate of drug-likeness (QED) is 0.562. The number of carboxylic acids is 1. The smallest absolute Gasteiger partial charge is 0.307 e. The van der Waals surface area contributed by atoms with Gasteiger partial charge >= 0.3 is 5.97 Å². The second-order valence-electron chi connectivity index (χ2n) is 4.36. The molecule has 0 saturated heterocycles. The summed E-state index contributed by atoms with van der Waals surface area (Å²) in [6, 6.07) is 0. The van der Waals surface area contributed by atoms with Crippen molar-refractivity contribution in [2.45, 2.75) is 6.42 Å². The zero-order chi connectivity index (χ0) is 11.9. The lowest BCUT2D eigenvalue weighted by Gasteiger charge is -2.26. The summed E-state index contributed by atoms with van der Waals surface area (Å²) in [4.78, 5) is 28.0. The van der Waals surface area contributed by atoms with Gasteiger partial charge in [0, 0.05) is 7.05 Å². The topological polar surface area (TPSA) is 66.8 Å². The summed E-state index contributed by atoms with van der Waals surface area (Å²) in [6.45, 7) is 0. The number of carbonyl (C=O) groups is 2. The van der Waals surface area contributed by atoms with Crippen molar-refractivity contribution in [3.63, 3.8) is 0 Å². The Balaban J connectivity index is 2.23. The van der Waals surface area contributed by atoms with E-state index < -0.39 is 17.8 Å². The van der Waals surface area contributed by atoms with Crippen LogP contribution in [0.1, 0.15) is 6.42 Å². The minimum Gasteiger partial charge on any atom is -0.481 e. The van der Waals surface area contributed by atoms with Gasteiger partial charge < -0.3 is 5.11 Å². The van der Waals surface area contributed by atoms with E-state index in [2.05, 4.69) is 0 Å². The third-order valence-corrected chi connectivity index (χ3v) is 3.61. The van der Waals surface area contributed by atoms with Gasteiger partial charge in [0.15, 0.2) is 0 Å². The summed E-state index contributed by atoms with van der Waals surface area (Å²) < 4.78 is 0. The number of carboxylic acid groups (broad SMARTS) is 1. The van der Waals surface area contributed by atoms with Gasteiger partial charge in [0.25, 0.3) is 0 Å². The Hall–Kier alpha value is -1.36. The zero-order valence-corrected chi connectivity index (χ0v) is 9.29. The Kier molecular flexibility index (Phi) is 2.71. The highest BCUT2D eigenvalue weighted by Gasteiger charge is 2.52. The van der Waals surface area contributed by atoms with E-state index in [1.807, 2.05) is 12.2 Å². The first kappa shape index (κ1) is 11.1. The maximum Gasteiger partial charge on any atom is 0.307 e. The molecule has 2 unspecified atom stereocenters.